The summed E-state index contributed by atoms with van der Waals surface area (Å²) in [7, 11) is 2.20. The van der Waals surface area contributed by atoms with Gasteiger partial charge in [-0.3, -0.25) is 0 Å². The van der Waals surface area contributed by atoms with Gasteiger partial charge in [0.2, 0.25) is 0 Å². The SMILES string of the molecule is CN1CCC(n2nc(C3CCOCC3)nc2CC2CNCCO2)CC1. The van der Waals surface area contributed by atoms with Gasteiger partial charge < -0.3 is 19.7 Å². The highest BCUT2D eigenvalue weighted by atomic mass is 16.5. The molecule has 1 unspecified atom stereocenters. The van der Waals surface area contributed by atoms with Crippen molar-refractivity contribution in [1.82, 2.24) is 25.0 Å². The third-order valence-electron chi connectivity index (χ3n) is 5.75. The Bertz CT molecular complexity index is 544. The van der Waals surface area contributed by atoms with Gasteiger partial charge in [0, 0.05) is 38.6 Å². The van der Waals surface area contributed by atoms with Crippen LogP contribution in [0.4, 0.5) is 0 Å². The smallest absolute Gasteiger partial charge is 0.154 e. The number of likely N-dealkylation sites (tertiary alicyclic amines) is 1. The zero-order chi connectivity index (χ0) is 17.1. The van der Waals surface area contributed by atoms with Crippen LogP contribution in [0.3, 0.4) is 0 Å². The Morgan fingerprint density at radius 2 is 1.92 bits per heavy atom. The molecule has 4 heterocycles. The number of ether oxygens (including phenoxy) is 2. The molecule has 0 aromatic carbocycles. The summed E-state index contributed by atoms with van der Waals surface area (Å²) in [6.07, 6.45) is 5.46. The summed E-state index contributed by atoms with van der Waals surface area (Å²) in [6.45, 7) is 6.59. The van der Waals surface area contributed by atoms with Crippen LogP contribution in [0.25, 0.3) is 0 Å². The summed E-state index contributed by atoms with van der Waals surface area (Å²) in [4.78, 5) is 7.40. The molecule has 140 valence electrons. The Morgan fingerprint density at radius 1 is 1.12 bits per heavy atom. The molecule has 7 heteroatoms. The van der Waals surface area contributed by atoms with Crippen molar-refractivity contribution in [2.45, 2.75) is 50.2 Å². The van der Waals surface area contributed by atoms with Gasteiger partial charge in [0.05, 0.1) is 18.8 Å². The van der Waals surface area contributed by atoms with Gasteiger partial charge in [-0.2, -0.15) is 5.10 Å². The summed E-state index contributed by atoms with van der Waals surface area (Å²) in [5.74, 6) is 2.59. The highest BCUT2D eigenvalue weighted by Crippen LogP contribution is 2.28. The molecule has 4 rings (SSSR count). The fraction of sp³-hybridized carbons (Fsp3) is 0.889. The number of rotatable bonds is 4. The van der Waals surface area contributed by atoms with E-state index in [0.29, 0.717) is 12.0 Å². The second kappa shape index (κ2) is 8.12. The van der Waals surface area contributed by atoms with E-state index in [1.807, 2.05) is 0 Å². The molecule has 0 spiro atoms. The summed E-state index contributed by atoms with van der Waals surface area (Å²) >= 11 is 0. The molecule has 7 nitrogen and oxygen atoms in total. The Morgan fingerprint density at radius 3 is 2.64 bits per heavy atom. The molecular formula is C18H31N5O2. The van der Waals surface area contributed by atoms with Crippen molar-refractivity contribution in [3.63, 3.8) is 0 Å². The number of morpholine rings is 1. The van der Waals surface area contributed by atoms with E-state index < -0.39 is 0 Å². The second-order valence-corrected chi connectivity index (χ2v) is 7.65. The van der Waals surface area contributed by atoms with E-state index in [2.05, 4.69) is 21.9 Å². The molecule has 0 radical (unpaired) electrons. The van der Waals surface area contributed by atoms with Gasteiger partial charge in [-0.15, -0.1) is 0 Å². The lowest BCUT2D eigenvalue weighted by Gasteiger charge is -2.30. The maximum absolute atomic E-state index is 5.92. The van der Waals surface area contributed by atoms with Crippen LogP contribution in [0.1, 0.15) is 49.3 Å². The molecule has 25 heavy (non-hydrogen) atoms. The first-order valence-electron chi connectivity index (χ1n) is 9.83. The normalized spacial score (nSPS) is 27.6. The highest BCUT2D eigenvalue weighted by Gasteiger charge is 2.28. The van der Waals surface area contributed by atoms with Crippen LogP contribution < -0.4 is 5.32 Å². The average molecular weight is 349 g/mol. The predicted octanol–water partition coefficient (Wildman–Crippen LogP) is 0.970. The van der Waals surface area contributed by atoms with Crippen molar-refractivity contribution in [3.8, 4) is 0 Å². The zero-order valence-corrected chi connectivity index (χ0v) is 15.3. The van der Waals surface area contributed by atoms with Crippen molar-refractivity contribution in [1.29, 1.82) is 0 Å². The van der Waals surface area contributed by atoms with E-state index in [1.165, 1.54) is 0 Å². The molecule has 3 fully saturated rings. The van der Waals surface area contributed by atoms with E-state index in [-0.39, 0.29) is 6.10 Å². The third kappa shape index (κ3) is 4.22. The molecule has 0 bridgehead atoms. The van der Waals surface area contributed by atoms with Crippen LogP contribution in [0.2, 0.25) is 0 Å². The summed E-state index contributed by atoms with van der Waals surface area (Å²) < 4.78 is 13.7. The fourth-order valence-corrected chi connectivity index (χ4v) is 4.13. The van der Waals surface area contributed by atoms with Crippen LogP contribution in [0.5, 0.6) is 0 Å². The third-order valence-corrected chi connectivity index (χ3v) is 5.75. The van der Waals surface area contributed by atoms with Crippen LogP contribution in [0, 0.1) is 0 Å². The molecule has 1 atom stereocenters. The average Bonchev–Trinajstić information content (AvgIpc) is 3.08. The standard InChI is InChI=1S/C18H31N5O2/c1-22-7-2-15(3-8-22)23-17(12-16-13-19-6-11-25-16)20-18(21-23)14-4-9-24-10-5-14/h14-16,19H,2-13H2,1H3. The number of hydrogen-bond donors (Lipinski definition) is 1. The van der Waals surface area contributed by atoms with Gasteiger partial charge >= 0.3 is 0 Å². The number of hydrogen-bond acceptors (Lipinski definition) is 6. The van der Waals surface area contributed by atoms with E-state index in [4.69, 9.17) is 19.6 Å². The topological polar surface area (TPSA) is 64.4 Å². The van der Waals surface area contributed by atoms with Gasteiger partial charge in [-0.1, -0.05) is 0 Å². The Hall–Kier alpha value is -1.02. The molecule has 0 amide bonds. The van der Waals surface area contributed by atoms with Crippen molar-refractivity contribution < 1.29 is 9.47 Å². The van der Waals surface area contributed by atoms with E-state index in [9.17, 15) is 0 Å². The number of aromatic nitrogens is 3. The highest BCUT2D eigenvalue weighted by molar-refractivity contribution is 5.04. The van der Waals surface area contributed by atoms with Crippen LogP contribution >= 0.6 is 0 Å². The monoisotopic (exact) mass is 349 g/mol. The predicted molar refractivity (Wildman–Crippen MR) is 94.9 cm³/mol. The molecule has 1 aromatic rings. The summed E-state index contributed by atoms with van der Waals surface area (Å²) in [5.41, 5.74) is 0. The molecule has 1 aromatic heterocycles. The molecular weight excluding hydrogens is 318 g/mol. The van der Waals surface area contributed by atoms with Crippen molar-refractivity contribution in [3.05, 3.63) is 11.6 Å². The maximum Gasteiger partial charge on any atom is 0.154 e. The fourth-order valence-electron chi connectivity index (χ4n) is 4.13. The first kappa shape index (κ1) is 17.4. The molecule has 0 saturated carbocycles. The first-order chi connectivity index (χ1) is 12.3. The quantitative estimate of drug-likeness (QED) is 0.874. The maximum atomic E-state index is 5.92. The zero-order valence-electron chi connectivity index (χ0n) is 15.3. The van der Waals surface area contributed by atoms with Crippen LogP contribution in [0.15, 0.2) is 0 Å². The lowest BCUT2D eigenvalue weighted by Crippen LogP contribution is -2.40. The minimum atomic E-state index is 0.213. The number of nitrogens with one attached hydrogen (secondary N) is 1. The van der Waals surface area contributed by atoms with Gasteiger partial charge in [0.15, 0.2) is 5.82 Å². The van der Waals surface area contributed by atoms with E-state index >= 15 is 0 Å². The lowest BCUT2D eigenvalue weighted by molar-refractivity contribution is 0.0269. The summed E-state index contributed by atoms with van der Waals surface area (Å²) in [6, 6.07) is 0.476. The van der Waals surface area contributed by atoms with E-state index in [1.54, 1.807) is 0 Å². The van der Waals surface area contributed by atoms with Crippen molar-refractivity contribution in [2.24, 2.45) is 0 Å². The Kier molecular flexibility index (Phi) is 5.65. The van der Waals surface area contributed by atoms with E-state index in [0.717, 1.165) is 89.8 Å². The molecule has 3 aliphatic heterocycles. The Labute approximate surface area is 150 Å². The van der Waals surface area contributed by atoms with Crippen LogP contribution in [-0.2, 0) is 15.9 Å². The summed E-state index contributed by atoms with van der Waals surface area (Å²) in [5, 5.41) is 8.43. The van der Waals surface area contributed by atoms with Crippen molar-refractivity contribution in [2.75, 3.05) is 53.0 Å². The minimum Gasteiger partial charge on any atom is -0.381 e. The number of nitrogens with zero attached hydrogens (tertiary/aromatic N) is 4. The number of piperidine rings is 1. The van der Waals surface area contributed by atoms with Gasteiger partial charge in [0.1, 0.15) is 5.82 Å². The molecule has 3 saturated heterocycles. The first-order valence-corrected chi connectivity index (χ1v) is 9.83. The lowest BCUT2D eigenvalue weighted by atomic mass is 10.00. The largest absolute Gasteiger partial charge is 0.381 e. The van der Waals surface area contributed by atoms with Gasteiger partial charge in [0.25, 0.3) is 0 Å². The van der Waals surface area contributed by atoms with Gasteiger partial charge in [-0.05, 0) is 45.8 Å². The Balaban J connectivity index is 1.54. The minimum absolute atomic E-state index is 0.213. The molecule has 1 N–H and O–H groups in total. The molecule has 3 aliphatic rings. The van der Waals surface area contributed by atoms with Crippen molar-refractivity contribution >= 4 is 0 Å². The van der Waals surface area contributed by atoms with Crippen LogP contribution in [-0.4, -0.2) is 78.8 Å². The second-order valence-electron chi connectivity index (χ2n) is 7.65. The van der Waals surface area contributed by atoms with Gasteiger partial charge in [-0.25, -0.2) is 9.67 Å². The molecule has 0 aliphatic carbocycles.